The highest BCUT2D eigenvalue weighted by Gasteiger charge is 2.29. The molecule has 0 bridgehead atoms. The highest BCUT2D eigenvalue weighted by molar-refractivity contribution is 6.04. The number of hydrogen-bond donors (Lipinski definition) is 3. The van der Waals surface area contributed by atoms with Gasteiger partial charge in [-0.2, -0.15) is 5.10 Å². The SMILES string of the molecule is CCCNC(=O)c1cn2ncnc(N(C(=O)OCOC(=O)Cc3ccc(O)cc3)c3cc(C(=O)NC)ccc3C)c2c1C. The van der Waals surface area contributed by atoms with Crippen LogP contribution in [-0.2, 0) is 20.7 Å². The number of phenols is 1. The van der Waals surface area contributed by atoms with E-state index in [0.29, 0.717) is 34.3 Å². The summed E-state index contributed by atoms with van der Waals surface area (Å²) < 4.78 is 11.9. The van der Waals surface area contributed by atoms with E-state index < -0.39 is 18.9 Å². The fourth-order valence-electron chi connectivity index (χ4n) is 4.34. The van der Waals surface area contributed by atoms with Gasteiger partial charge in [-0.15, -0.1) is 0 Å². The number of nitrogens with zero attached hydrogens (tertiary/aromatic N) is 4. The molecule has 0 saturated heterocycles. The van der Waals surface area contributed by atoms with Gasteiger partial charge in [-0.25, -0.2) is 19.2 Å². The van der Waals surface area contributed by atoms with Crippen LogP contribution in [-0.4, -0.2) is 64.0 Å². The van der Waals surface area contributed by atoms with Crippen molar-refractivity contribution in [2.45, 2.75) is 33.6 Å². The molecular formula is C30H32N6O7. The summed E-state index contributed by atoms with van der Waals surface area (Å²) in [6.45, 7) is 5.18. The third kappa shape index (κ3) is 6.89. The van der Waals surface area contributed by atoms with Crippen LogP contribution in [0.4, 0.5) is 16.3 Å². The first-order valence-electron chi connectivity index (χ1n) is 13.5. The summed E-state index contributed by atoms with van der Waals surface area (Å²) in [6, 6.07) is 10.8. The maximum atomic E-state index is 13.7. The zero-order valence-electron chi connectivity index (χ0n) is 24.2. The fourth-order valence-corrected chi connectivity index (χ4v) is 4.34. The maximum absolute atomic E-state index is 13.7. The highest BCUT2D eigenvalue weighted by atomic mass is 16.7. The average molecular weight is 589 g/mol. The van der Waals surface area contributed by atoms with Gasteiger partial charge in [0.15, 0.2) is 5.82 Å². The molecule has 43 heavy (non-hydrogen) atoms. The van der Waals surface area contributed by atoms with E-state index in [0.717, 1.165) is 11.3 Å². The molecule has 13 nitrogen and oxygen atoms in total. The molecule has 0 aliphatic heterocycles. The van der Waals surface area contributed by atoms with E-state index in [1.165, 1.54) is 36.1 Å². The minimum Gasteiger partial charge on any atom is -0.508 e. The Kier molecular flexibility index (Phi) is 9.55. The van der Waals surface area contributed by atoms with Gasteiger partial charge in [0.2, 0.25) is 6.79 Å². The van der Waals surface area contributed by atoms with Gasteiger partial charge in [-0.05, 0) is 61.2 Å². The van der Waals surface area contributed by atoms with E-state index in [-0.39, 0.29) is 41.1 Å². The van der Waals surface area contributed by atoms with Crippen LogP contribution < -0.4 is 15.5 Å². The Labute approximate surface area is 247 Å². The number of aromatic nitrogens is 3. The summed E-state index contributed by atoms with van der Waals surface area (Å²) in [6.07, 6.45) is 2.47. The highest BCUT2D eigenvalue weighted by Crippen LogP contribution is 2.34. The molecule has 2 aromatic heterocycles. The van der Waals surface area contributed by atoms with Crippen LogP contribution in [0, 0.1) is 13.8 Å². The van der Waals surface area contributed by atoms with Crippen molar-refractivity contribution >= 4 is 40.9 Å². The number of esters is 1. The van der Waals surface area contributed by atoms with Crippen LogP contribution in [0.3, 0.4) is 0 Å². The molecule has 0 atom stereocenters. The second kappa shape index (κ2) is 13.5. The van der Waals surface area contributed by atoms with Gasteiger partial charge in [0.05, 0.1) is 17.7 Å². The van der Waals surface area contributed by atoms with E-state index >= 15 is 0 Å². The lowest BCUT2D eigenvalue weighted by Crippen LogP contribution is -2.30. The molecule has 0 radical (unpaired) electrons. The molecule has 13 heteroatoms. The smallest absolute Gasteiger partial charge is 0.423 e. The van der Waals surface area contributed by atoms with Crippen molar-refractivity contribution in [3.63, 3.8) is 0 Å². The predicted octanol–water partition coefficient (Wildman–Crippen LogP) is 3.57. The molecule has 0 saturated carbocycles. The Morgan fingerprint density at radius 2 is 1.77 bits per heavy atom. The maximum Gasteiger partial charge on any atom is 0.423 e. The predicted molar refractivity (Wildman–Crippen MR) is 156 cm³/mol. The van der Waals surface area contributed by atoms with Crippen LogP contribution in [0.25, 0.3) is 5.52 Å². The normalized spacial score (nSPS) is 10.7. The van der Waals surface area contributed by atoms with Gasteiger partial charge in [-0.1, -0.05) is 25.1 Å². The number of phenolic OH excluding ortho intramolecular Hbond substituents is 1. The van der Waals surface area contributed by atoms with Crippen LogP contribution in [0.2, 0.25) is 0 Å². The van der Waals surface area contributed by atoms with E-state index in [4.69, 9.17) is 9.47 Å². The van der Waals surface area contributed by atoms with E-state index in [2.05, 4.69) is 20.7 Å². The van der Waals surface area contributed by atoms with E-state index in [9.17, 15) is 24.3 Å². The fraction of sp³-hybridized carbons (Fsp3) is 0.267. The molecule has 0 spiro atoms. The lowest BCUT2D eigenvalue weighted by molar-refractivity contribution is -0.150. The lowest BCUT2D eigenvalue weighted by atomic mass is 10.1. The Morgan fingerprint density at radius 1 is 1.02 bits per heavy atom. The Bertz CT molecular complexity index is 1670. The van der Waals surface area contributed by atoms with Gasteiger partial charge in [-0.3, -0.25) is 14.4 Å². The number of hydrogen-bond acceptors (Lipinski definition) is 9. The van der Waals surface area contributed by atoms with Crippen LogP contribution in [0.5, 0.6) is 5.75 Å². The van der Waals surface area contributed by atoms with Gasteiger partial charge in [0.25, 0.3) is 11.8 Å². The van der Waals surface area contributed by atoms with Crippen LogP contribution in [0.15, 0.2) is 55.0 Å². The van der Waals surface area contributed by atoms with Crippen molar-refractivity contribution in [2.24, 2.45) is 0 Å². The second-order valence-corrected chi connectivity index (χ2v) is 9.60. The molecule has 3 amide bonds. The lowest BCUT2D eigenvalue weighted by Gasteiger charge is -2.24. The van der Waals surface area contributed by atoms with Gasteiger partial charge >= 0.3 is 12.1 Å². The van der Waals surface area contributed by atoms with Crippen molar-refractivity contribution in [1.29, 1.82) is 0 Å². The number of aryl methyl sites for hydroxylation is 2. The molecule has 0 fully saturated rings. The topological polar surface area (TPSA) is 164 Å². The number of aromatic hydroxyl groups is 1. The first-order valence-corrected chi connectivity index (χ1v) is 13.5. The molecule has 0 aliphatic carbocycles. The largest absolute Gasteiger partial charge is 0.508 e. The Balaban J connectivity index is 1.69. The summed E-state index contributed by atoms with van der Waals surface area (Å²) in [5, 5.41) is 19.1. The number of carbonyl (C=O) groups excluding carboxylic acids is 4. The quantitative estimate of drug-likeness (QED) is 0.186. The second-order valence-electron chi connectivity index (χ2n) is 9.60. The number of ether oxygens (including phenoxy) is 2. The third-order valence-electron chi connectivity index (χ3n) is 6.61. The van der Waals surface area contributed by atoms with Crippen molar-refractivity contribution in [3.8, 4) is 5.75 Å². The van der Waals surface area contributed by atoms with Crippen molar-refractivity contribution in [1.82, 2.24) is 25.2 Å². The average Bonchev–Trinajstić information content (AvgIpc) is 3.34. The summed E-state index contributed by atoms with van der Waals surface area (Å²) in [5.41, 5.74) is 2.98. The monoisotopic (exact) mass is 588 g/mol. The Morgan fingerprint density at radius 3 is 2.47 bits per heavy atom. The minimum absolute atomic E-state index is 0.0627. The molecular weight excluding hydrogens is 556 g/mol. The summed E-state index contributed by atoms with van der Waals surface area (Å²) in [4.78, 5) is 56.9. The zero-order chi connectivity index (χ0) is 31.1. The summed E-state index contributed by atoms with van der Waals surface area (Å²) >= 11 is 0. The van der Waals surface area contributed by atoms with Gasteiger partial charge in [0.1, 0.15) is 17.6 Å². The number of amides is 3. The first kappa shape index (κ1) is 30.5. The summed E-state index contributed by atoms with van der Waals surface area (Å²) in [7, 11) is 1.49. The summed E-state index contributed by atoms with van der Waals surface area (Å²) in [5.74, 6) is -1.19. The molecule has 0 unspecified atom stereocenters. The number of carbonyl (C=O) groups is 4. The van der Waals surface area contributed by atoms with Crippen molar-refractivity contribution < 1.29 is 33.8 Å². The van der Waals surface area contributed by atoms with E-state index in [1.54, 1.807) is 44.3 Å². The van der Waals surface area contributed by atoms with E-state index in [1.807, 2.05) is 6.92 Å². The van der Waals surface area contributed by atoms with Crippen molar-refractivity contribution in [2.75, 3.05) is 25.3 Å². The zero-order valence-corrected chi connectivity index (χ0v) is 24.2. The minimum atomic E-state index is -0.951. The number of fused-ring (bicyclic) bond motifs is 1. The molecule has 4 aromatic rings. The molecule has 224 valence electrons. The number of rotatable bonds is 10. The molecule has 0 aliphatic rings. The standard InChI is InChI=1S/C30H32N6O7/c1-5-12-32-29(40)23-15-35-26(19(23)3)27(33-16-34-35)36(24-14-21(28(39)31-4)9-6-18(24)2)30(41)43-17-42-25(38)13-20-7-10-22(37)11-8-20/h6-11,14-16,37H,5,12-13,17H2,1-4H3,(H,31,39)(H,32,40). The van der Waals surface area contributed by atoms with Gasteiger partial charge in [0, 0.05) is 25.4 Å². The molecule has 4 rings (SSSR count). The molecule has 2 heterocycles. The van der Waals surface area contributed by atoms with Crippen molar-refractivity contribution in [3.05, 3.63) is 82.8 Å². The van der Waals surface area contributed by atoms with Gasteiger partial charge < -0.3 is 25.2 Å². The molecule has 3 N–H and O–H groups in total. The number of nitrogens with one attached hydrogen (secondary N) is 2. The Hall–Kier alpha value is -5.46. The number of benzene rings is 2. The molecule has 2 aromatic carbocycles. The first-order chi connectivity index (χ1) is 20.6. The van der Waals surface area contributed by atoms with Crippen LogP contribution >= 0.6 is 0 Å². The third-order valence-corrected chi connectivity index (χ3v) is 6.61. The number of anilines is 2. The van der Waals surface area contributed by atoms with Crippen LogP contribution in [0.1, 0.15) is 50.8 Å².